The van der Waals surface area contributed by atoms with E-state index in [1.165, 1.54) is 0 Å². The number of carbonyl (C=O) groups excluding carboxylic acids is 8. The third kappa shape index (κ3) is 30.0. The van der Waals surface area contributed by atoms with Crippen LogP contribution in [-0.2, 0) is 57.1 Å². The van der Waals surface area contributed by atoms with Gasteiger partial charge in [-0.2, -0.15) is 0 Å². The summed E-state index contributed by atoms with van der Waals surface area (Å²) in [6.07, 6.45) is 16.5. The summed E-state index contributed by atoms with van der Waals surface area (Å²) in [6, 6.07) is 0. The number of hydrogen-bond acceptors (Lipinski definition) is 16. The second kappa shape index (κ2) is 44.0. The molecule has 674 valence electrons. The van der Waals surface area contributed by atoms with Crippen molar-refractivity contribution in [2.75, 3.05) is 52.4 Å². The molecule has 0 aromatic carbocycles. The molecule has 4 heterocycles. The van der Waals surface area contributed by atoms with Gasteiger partial charge in [0.2, 0.25) is 0 Å². The Kier molecular flexibility index (Phi) is 41.3. The smallest absolute Gasteiger partial charge is 0.410 e. The Morgan fingerprint density at radius 1 is 0.313 bits per heavy atom. The lowest BCUT2D eigenvalue weighted by molar-refractivity contribution is -0.192. The van der Waals surface area contributed by atoms with Crippen molar-refractivity contribution in [3.63, 3.8) is 0 Å². The Morgan fingerprint density at radius 3 is 0.765 bits per heavy atom. The molecular formula is C95H178N4O16. The summed E-state index contributed by atoms with van der Waals surface area (Å²) in [5.74, 6) is 0.659. The van der Waals surface area contributed by atoms with Gasteiger partial charge in [0.25, 0.3) is 0 Å². The van der Waals surface area contributed by atoms with E-state index in [4.69, 9.17) is 37.9 Å². The Morgan fingerprint density at radius 2 is 0.548 bits per heavy atom. The Bertz CT molecular complexity index is 2950. The van der Waals surface area contributed by atoms with Crippen LogP contribution in [0, 0.1) is 68.0 Å². The van der Waals surface area contributed by atoms with Gasteiger partial charge >= 0.3 is 48.3 Å². The van der Waals surface area contributed by atoms with Crippen LogP contribution in [0.2, 0.25) is 0 Å². The largest absolute Gasteiger partial charge is 0.458 e. The molecule has 4 saturated heterocycles. The molecule has 4 amide bonds. The standard InChI is InChI=1S/C28H53NO4.C25H47NO4.C22H41NO4.C20H37NO4/c1-9-13-16-27(17-14-10-2,18-15-11-3)33-25(31)29-21-19-28(20-22-29,23(5)6)32-24(30)26(7,8)12-4;1-12-23(10,11)21(27)29-24(17(2)3)13-15-26(16-14-24)22(28)30-25(18(4)5,19(6)7)20(8)9;1-11-20(7,8)17(24)26-22(16(2)3)12-14-23(15-13-22)18(25)27-21(9,10)19(4,5)6;1-10-19(8,9)15(22)24-20(17(2,3)4)11-13-21(14-12-20)16(23)25-18(5,6)7/h23H,9-22H2,1-8H3;17-20H,12-16H2,1-11H3;16H,11-15H2,1-10H3;10-14H2,1-9H3. The Hall–Kier alpha value is -5.04. The fraction of sp³-hybridized carbons (Fsp3) is 0.916. The lowest BCUT2D eigenvalue weighted by Gasteiger charge is -2.49. The molecule has 0 spiro atoms. The normalized spacial score (nSPS) is 17.8. The molecular weight excluding hydrogens is 1450 g/mol. The van der Waals surface area contributed by atoms with Crippen LogP contribution in [0.1, 0.15) is 398 Å². The van der Waals surface area contributed by atoms with Crippen molar-refractivity contribution in [1.82, 2.24) is 19.6 Å². The minimum atomic E-state index is -0.561. The molecule has 0 saturated carbocycles. The number of unbranched alkanes of at least 4 members (excludes halogenated alkanes) is 3. The predicted molar refractivity (Wildman–Crippen MR) is 467 cm³/mol. The zero-order chi connectivity index (χ0) is 89.6. The van der Waals surface area contributed by atoms with Gasteiger partial charge < -0.3 is 57.5 Å². The summed E-state index contributed by atoms with van der Waals surface area (Å²) in [7, 11) is 0. The van der Waals surface area contributed by atoms with E-state index in [0.717, 1.165) is 83.5 Å². The van der Waals surface area contributed by atoms with Crippen LogP contribution in [0.15, 0.2) is 0 Å². The third-order valence-corrected chi connectivity index (χ3v) is 27.7. The molecule has 0 atom stereocenters. The number of hydrogen-bond donors (Lipinski definition) is 0. The monoisotopic (exact) mass is 1630 g/mol. The summed E-state index contributed by atoms with van der Waals surface area (Å²) in [5, 5.41) is 0. The fourth-order valence-electron chi connectivity index (χ4n) is 15.1. The number of likely N-dealkylation sites (tertiary alicyclic amines) is 4. The highest BCUT2D eigenvalue weighted by molar-refractivity contribution is 5.78. The van der Waals surface area contributed by atoms with E-state index in [0.29, 0.717) is 104 Å². The van der Waals surface area contributed by atoms with Gasteiger partial charge in [0.15, 0.2) is 0 Å². The van der Waals surface area contributed by atoms with Crippen molar-refractivity contribution < 1.29 is 76.3 Å². The highest BCUT2D eigenvalue weighted by Gasteiger charge is 2.53. The molecule has 4 aliphatic heterocycles. The van der Waals surface area contributed by atoms with Crippen molar-refractivity contribution >= 4 is 48.3 Å². The molecule has 4 aliphatic rings. The molecule has 20 heteroatoms. The third-order valence-electron chi connectivity index (χ3n) is 27.7. The minimum absolute atomic E-state index is 0.132. The quantitative estimate of drug-likeness (QED) is 0.0481. The summed E-state index contributed by atoms with van der Waals surface area (Å²) in [6.45, 7) is 81.8. The summed E-state index contributed by atoms with van der Waals surface area (Å²) in [4.78, 5) is 109. The van der Waals surface area contributed by atoms with E-state index < -0.39 is 60.9 Å². The molecule has 0 aliphatic carbocycles. The van der Waals surface area contributed by atoms with Gasteiger partial charge in [-0.25, -0.2) is 19.2 Å². The van der Waals surface area contributed by atoms with Gasteiger partial charge in [0.1, 0.15) is 44.8 Å². The first-order valence-electron chi connectivity index (χ1n) is 45.2. The maximum absolute atomic E-state index is 13.3. The van der Waals surface area contributed by atoms with Crippen LogP contribution in [0.5, 0.6) is 0 Å². The Balaban J connectivity index is 0.000000770. The van der Waals surface area contributed by atoms with E-state index in [1.807, 2.05) is 123 Å². The molecule has 115 heavy (non-hydrogen) atoms. The van der Waals surface area contributed by atoms with Gasteiger partial charge in [-0.3, -0.25) is 19.2 Å². The van der Waals surface area contributed by atoms with Crippen LogP contribution in [0.25, 0.3) is 0 Å². The van der Waals surface area contributed by atoms with E-state index in [-0.39, 0.29) is 100 Å². The number of piperidine rings is 4. The summed E-state index contributed by atoms with van der Waals surface area (Å²) < 4.78 is 48.3. The van der Waals surface area contributed by atoms with Crippen molar-refractivity contribution in [3.8, 4) is 0 Å². The Labute approximate surface area is 703 Å². The van der Waals surface area contributed by atoms with Crippen molar-refractivity contribution in [2.45, 2.75) is 443 Å². The maximum Gasteiger partial charge on any atom is 0.410 e. The molecule has 0 N–H and O–H groups in total. The lowest BCUT2D eigenvalue weighted by atomic mass is 9.70. The van der Waals surface area contributed by atoms with Crippen molar-refractivity contribution in [2.24, 2.45) is 68.0 Å². The van der Waals surface area contributed by atoms with Gasteiger partial charge in [0, 0.05) is 115 Å². The van der Waals surface area contributed by atoms with Crippen molar-refractivity contribution in [3.05, 3.63) is 0 Å². The number of rotatable bonds is 30. The molecule has 0 unspecified atom stereocenters. The highest BCUT2D eigenvalue weighted by Crippen LogP contribution is 2.47. The number of amides is 4. The van der Waals surface area contributed by atoms with Gasteiger partial charge in [-0.1, -0.05) is 192 Å². The first-order valence-corrected chi connectivity index (χ1v) is 45.2. The summed E-state index contributed by atoms with van der Waals surface area (Å²) in [5.41, 5.74) is -6.35. The van der Waals surface area contributed by atoms with Crippen LogP contribution in [0.3, 0.4) is 0 Å². The molecule has 4 rings (SSSR count). The lowest BCUT2D eigenvalue weighted by Crippen LogP contribution is -2.56. The first kappa shape index (κ1) is 108. The van der Waals surface area contributed by atoms with Crippen LogP contribution >= 0.6 is 0 Å². The average Bonchev–Trinajstić information content (AvgIpc) is 0.773. The zero-order valence-electron chi connectivity index (χ0n) is 81.3. The number of ether oxygens (including phenoxy) is 8. The molecule has 0 bridgehead atoms. The summed E-state index contributed by atoms with van der Waals surface area (Å²) >= 11 is 0. The first-order chi connectivity index (χ1) is 52.4. The predicted octanol–water partition coefficient (Wildman–Crippen LogP) is 24.4. The number of esters is 4. The molecule has 0 aromatic rings. The topological polar surface area (TPSA) is 223 Å². The second-order valence-corrected chi connectivity index (χ2v) is 42.5. The maximum atomic E-state index is 13.3. The van der Waals surface area contributed by atoms with E-state index in [1.54, 1.807) is 14.7 Å². The number of carbonyl (C=O) groups is 8. The second-order valence-electron chi connectivity index (χ2n) is 42.5. The molecule has 20 nitrogen and oxygen atoms in total. The molecule has 0 aromatic heterocycles. The van der Waals surface area contributed by atoms with E-state index >= 15 is 0 Å². The number of nitrogens with zero attached hydrogens (tertiary/aromatic N) is 4. The minimum Gasteiger partial charge on any atom is -0.458 e. The van der Waals surface area contributed by atoms with Gasteiger partial charge in [0.05, 0.1) is 21.7 Å². The van der Waals surface area contributed by atoms with Crippen molar-refractivity contribution in [1.29, 1.82) is 0 Å². The van der Waals surface area contributed by atoms with Gasteiger partial charge in [-0.15, -0.1) is 0 Å². The average molecular weight is 1630 g/mol. The SMILES string of the molecule is CCC(C)(C)C(=O)OC1(C(C)(C)C)CCN(C(=O)OC(C)(C)C)CC1.CCC(C)(C)C(=O)OC1(C(C)C)CCN(C(=O)OC(C(C)C)(C(C)C)C(C)C)CC1.CCC(C)(C)C(=O)OC1(C(C)C)CCN(C(=O)OC(C)(C)C(C)(C)C)CC1.CCCCC(CCCC)(CCCC)OC(=O)N1CCC(OC(=O)C(C)(C)CC)(C(C)C)CC1. The van der Waals surface area contributed by atoms with Crippen LogP contribution in [0.4, 0.5) is 19.2 Å². The molecule has 0 radical (unpaired) electrons. The van der Waals surface area contributed by atoms with Gasteiger partial charge in [-0.05, 0) is 190 Å². The molecule has 4 fully saturated rings. The fourth-order valence-corrected chi connectivity index (χ4v) is 15.1. The van der Waals surface area contributed by atoms with Crippen LogP contribution < -0.4 is 0 Å². The van der Waals surface area contributed by atoms with E-state index in [2.05, 4.69) is 145 Å². The van der Waals surface area contributed by atoms with E-state index in [9.17, 15) is 38.4 Å². The highest BCUT2D eigenvalue weighted by atomic mass is 16.6. The zero-order valence-corrected chi connectivity index (χ0v) is 81.3. The van der Waals surface area contributed by atoms with Crippen LogP contribution in [-0.4, -0.2) is 165 Å².